The summed E-state index contributed by atoms with van der Waals surface area (Å²) in [6.45, 7) is 0. The van der Waals surface area contributed by atoms with E-state index >= 15 is 0 Å². The Kier molecular flexibility index (Phi) is 2.82. The first-order valence-corrected chi connectivity index (χ1v) is 5.82. The van der Waals surface area contributed by atoms with Crippen molar-refractivity contribution < 1.29 is 18.0 Å². The van der Waals surface area contributed by atoms with Gasteiger partial charge >= 0.3 is 0 Å². The fourth-order valence-corrected chi connectivity index (χ4v) is 2.05. The third-order valence-electron chi connectivity index (χ3n) is 3.02. The molecule has 1 amide bonds. The molecule has 3 rings (SSSR count). The average molecular weight is 275 g/mol. The van der Waals surface area contributed by atoms with Crippen LogP contribution in [-0.2, 0) is 4.79 Å². The highest BCUT2D eigenvalue weighted by Gasteiger charge is 2.26. The molecular formula is C15H8F3NO. The van der Waals surface area contributed by atoms with Crippen LogP contribution in [0.3, 0.4) is 0 Å². The number of carbonyl (C=O) groups excluding carboxylic acids is 1. The molecule has 0 aromatic heterocycles. The number of carbonyl (C=O) groups is 1. The van der Waals surface area contributed by atoms with Gasteiger partial charge in [-0.1, -0.05) is 12.1 Å². The molecule has 0 unspecified atom stereocenters. The third-order valence-corrected chi connectivity index (χ3v) is 3.02. The number of halogens is 3. The van der Waals surface area contributed by atoms with E-state index in [1.807, 2.05) is 0 Å². The Balaban J connectivity index is 2.10. The zero-order valence-corrected chi connectivity index (χ0v) is 10.1. The predicted molar refractivity (Wildman–Crippen MR) is 69.3 cm³/mol. The molecule has 0 aliphatic carbocycles. The largest absolute Gasteiger partial charge is 0.321 e. The molecule has 0 bridgehead atoms. The van der Waals surface area contributed by atoms with E-state index in [9.17, 15) is 18.0 Å². The Bertz CT molecular complexity index is 736. The van der Waals surface area contributed by atoms with Gasteiger partial charge in [-0.15, -0.1) is 0 Å². The lowest BCUT2D eigenvalue weighted by molar-refractivity contribution is -0.110. The molecule has 0 saturated heterocycles. The van der Waals surface area contributed by atoms with Gasteiger partial charge in [0, 0.05) is 17.2 Å². The molecule has 2 nitrogen and oxygen atoms in total. The molecule has 2 aromatic carbocycles. The number of fused-ring (bicyclic) bond motifs is 1. The van der Waals surface area contributed by atoms with E-state index < -0.39 is 23.4 Å². The van der Waals surface area contributed by atoms with Gasteiger partial charge in [-0.05, 0) is 29.8 Å². The number of benzene rings is 2. The second-order valence-corrected chi connectivity index (χ2v) is 4.38. The summed E-state index contributed by atoms with van der Waals surface area (Å²) < 4.78 is 39.2. The molecule has 20 heavy (non-hydrogen) atoms. The Morgan fingerprint density at radius 3 is 2.30 bits per heavy atom. The van der Waals surface area contributed by atoms with Crippen LogP contribution < -0.4 is 5.32 Å². The summed E-state index contributed by atoms with van der Waals surface area (Å²) in [6, 6.07) is 7.41. The van der Waals surface area contributed by atoms with Crippen molar-refractivity contribution in [2.24, 2.45) is 0 Å². The number of nitrogens with one attached hydrogen (secondary N) is 1. The average Bonchev–Trinajstić information content (AvgIpc) is 2.69. The zero-order valence-electron chi connectivity index (χ0n) is 10.1. The molecule has 100 valence electrons. The molecule has 2 aromatic rings. The van der Waals surface area contributed by atoms with Crippen LogP contribution in [0.2, 0.25) is 0 Å². The number of anilines is 1. The van der Waals surface area contributed by atoms with Gasteiger partial charge in [-0.25, -0.2) is 13.2 Å². The van der Waals surface area contributed by atoms with Gasteiger partial charge < -0.3 is 5.32 Å². The molecule has 1 aliphatic rings. The van der Waals surface area contributed by atoms with Crippen molar-refractivity contribution >= 4 is 23.2 Å². The van der Waals surface area contributed by atoms with E-state index in [1.54, 1.807) is 0 Å². The maximum absolute atomic E-state index is 13.3. The van der Waals surface area contributed by atoms with Gasteiger partial charge in [0.1, 0.15) is 5.82 Å². The van der Waals surface area contributed by atoms with E-state index in [4.69, 9.17) is 0 Å². The van der Waals surface area contributed by atoms with Crippen molar-refractivity contribution in [1.29, 1.82) is 0 Å². The number of rotatable bonds is 1. The van der Waals surface area contributed by atoms with Gasteiger partial charge in [0.25, 0.3) is 5.91 Å². The number of hydrogen-bond donors (Lipinski definition) is 1. The molecular weight excluding hydrogens is 267 g/mol. The molecule has 1 heterocycles. The molecule has 0 radical (unpaired) electrons. The minimum atomic E-state index is -1.02. The van der Waals surface area contributed by atoms with Crippen molar-refractivity contribution in [2.75, 3.05) is 5.32 Å². The summed E-state index contributed by atoms with van der Waals surface area (Å²) in [6.07, 6.45) is 1.50. The monoisotopic (exact) mass is 275 g/mol. The lowest BCUT2D eigenvalue weighted by Crippen LogP contribution is -2.03. The van der Waals surface area contributed by atoms with Crippen molar-refractivity contribution in [3.05, 3.63) is 65.0 Å². The van der Waals surface area contributed by atoms with E-state index in [0.717, 1.165) is 12.1 Å². The first kappa shape index (κ1) is 12.5. The van der Waals surface area contributed by atoms with Gasteiger partial charge in [0.05, 0.1) is 5.69 Å². The maximum Gasteiger partial charge on any atom is 0.256 e. The highest BCUT2D eigenvalue weighted by atomic mass is 19.2. The van der Waals surface area contributed by atoms with E-state index in [-0.39, 0.29) is 11.3 Å². The number of amides is 1. The highest BCUT2D eigenvalue weighted by Crippen LogP contribution is 2.34. The summed E-state index contributed by atoms with van der Waals surface area (Å²) in [4.78, 5) is 11.8. The van der Waals surface area contributed by atoms with Gasteiger partial charge in [0.15, 0.2) is 11.6 Å². The van der Waals surface area contributed by atoms with E-state index in [1.165, 1.54) is 30.3 Å². The summed E-state index contributed by atoms with van der Waals surface area (Å²) in [5.41, 5.74) is 1.32. The normalized spacial score (nSPS) is 15.3. The fourth-order valence-electron chi connectivity index (χ4n) is 2.05. The summed E-state index contributed by atoms with van der Waals surface area (Å²) in [5, 5.41) is 2.46. The van der Waals surface area contributed by atoms with Gasteiger partial charge in [-0.2, -0.15) is 0 Å². The summed E-state index contributed by atoms with van der Waals surface area (Å²) in [5.74, 6) is -2.89. The van der Waals surface area contributed by atoms with E-state index in [0.29, 0.717) is 11.1 Å². The van der Waals surface area contributed by atoms with Crippen LogP contribution in [0.25, 0.3) is 11.6 Å². The second kappa shape index (κ2) is 4.52. The van der Waals surface area contributed by atoms with Crippen LogP contribution in [0.1, 0.15) is 11.1 Å². The lowest BCUT2D eigenvalue weighted by atomic mass is 10.0. The van der Waals surface area contributed by atoms with Crippen molar-refractivity contribution in [3.63, 3.8) is 0 Å². The first-order valence-electron chi connectivity index (χ1n) is 5.82. The number of hydrogen-bond acceptors (Lipinski definition) is 1. The standard InChI is InChI=1S/C15H8F3NO/c16-9-3-1-8(2-4-9)5-11-10-6-12(17)13(18)7-14(10)19-15(11)20/h1-7H,(H,19,20)/b11-5+. The predicted octanol–water partition coefficient (Wildman–Crippen LogP) is 3.60. The van der Waals surface area contributed by atoms with E-state index in [2.05, 4.69) is 5.32 Å². The first-order chi connectivity index (χ1) is 9.54. The SMILES string of the molecule is O=C1Nc2cc(F)c(F)cc2/C1=C\c1ccc(F)cc1. The molecule has 0 atom stereocenters. The van der Waals surface area contributed by atoms with Crippen molar-refractivity contribution in [2.45, 2.75) is 0 Å². The van der Waals surface area contributed by atoms with Crippen LogP contribution in [0, 0.1) is 17.5 Å². The zero-order chi connectivity index (χ0) is 14.3. The van der Waals surface area contributed by atoms with Gasteiger partial charge in [-0.3, -0.25) is 4.79 Å². The molecule has 0 saturated carbocycles. The Labute approximate surface area is 112 Å². The Morgan fingerprint density at radius 2 is 1.60 bits per heavy atom. The third kappa shape index (κ3) is 2.07. The second-order valence-electron chi connectivity index (χ2n) is 4.38. The summed E-state index contributed by atoms with van der Waals surface area (Å²) in [7, 11) is 0. The van der Waals surface area contributed by atoms with Crippen LogP contribution in [-0.4, -0.2) is 5.91 Å². The van der Waals surface area contributed by atoms with Crippen molar-refractivity contribution in [3.8, 4) is 0 Å². The molecule has 1 N–H and O–H groups in total. The topological polar surface area (TPSA) is 29.1 Å². The minimum absolute atomic E-state index is 0.213. The van der Waals surface area contributed by atoms with Gasteiger partial charge in [0.2, 0.25) is 0 Å². The fraction of sp³-hybridized carbons (Fsp3) is 0. The molecule has 0 spiro atoms. The lowest BCUT2D eigenvalue weighted by Gasteiger charge is -2.00. The quantitative estimate of drug-likeness (QED) is 0.792. The molecule has 5 heteroatoms. The Morgan fingerprint density at radius 1 is 0.950 bits per heavy atom. The highest BCUT2D eigenvalue weighted by molar-refractivity contribution is 6.34. The van der Waals surface area contributed by atoms with Crippen LogP contribution >= 0.6 is 0 Å². The van der Waals surface area contributed by atoms with Crippen LogP contribution in [0.4, 0.5) is 18.9 Å². The summed E-state index contributed by atoms with van der Waals surface area (Å²) >= 11 is 0. The maximum atomic E-state index is 13.3. The minimum Gasteiger partial charge on any atom is -0.321 e. The van der Waals surface area contributed by atoms with Crippen LogP contribution in [0.15, 0.2) is 36.4 Å². The molecule has 1 aliphatic heterocycles. The Hall–Kier alpha value is -2.56. The molecule has 0 fully saturated rings. The van der Waals surface area contributed by atoms with Crippen molar-refractivity contribution in [1.82, 2.24) is 0 Å². The van der Waals surface area contributed by atoms with Crippen LogP contribution in [0.5, 0.6) is 0 Å². The smallest absolute Gasteiger partial charge is 0.256 e.